The fourth-order valence-corrected chi connectivity index (χ4v) is 5.50. The van der Waals surface area contributed by atoms with Gasteiger partial charge in [-0.15, -0.1) is 5.10 Å². The Hall–Kier alpha value is -3.85. The third kappa shape index (κ3) is 4.85. The Labute approximate surface area is 202 Å². The molecule has 0 radical (unpaired) electrons. The smallest absolute Gasteiger partial charge is 0.322 e. The minimum atomic E-state index is -4.21. The number of sulfone groups is 1. The molecule has 0 saturated heterocycles. The molecule has 180 valence electrons. The van der Waals surface area contributed by atoms with Crippen LogP contribution in [0.1, 0.15) is 24.5 Å². The maximum Gasteiger partial charge on any atom is 0.322 e. The van der Waals surface area contributed by atoms with Crippen molar-refractivity contribution in [2.45, 2.75) is 43.4 Å². The molecule has 0 fully saturated rings. The zero-order valence-electron chi connectivity index (χ0n) is 19.4. The number of aromatic nitrogens is 3. The van der Waals surface area contributed by atoms with Crippen molar-refractivity contribution in [1.29, 1.82) is 0 Å². The predicted molar refractivity (Wildman–Crippen MR) is 133 cm³/mol. The lowest BCUT2D eigenvalue weighted by molar-refractivity contribution is -0.136. The van der Waals surface area contributed by atoms with Crippen molar-refractivity contribution in [3.05, 3.63) is 88.2 Å². The van der Waals surface area contributed by atoms with Crippen LogP contribution in [0.4, 0.5) is 0 Å². The molecule has 1 heterocycles. The van der Waals surface area contributed by atoms with Gasteiger partial charge >= 0.3 is 5.97 Å². The Morgan fingerprint density at radius 1 is 1.00 bits per heavy atom. The van der Waals surface area contributed by atoms with Crippen molar-refractivity contribution in [1.82, 2.24) is 15.0 Å². The molecule has 8 nitrogen and oxygen atoms in total. The molecule has 0 amide bonds. The minimum Gasteiger partial charge on any atom is -0.480 e. The Morgan fingerprint density at radius 2 is 1.63 bits per heavy atom. The maximum atomic E-state index is 13.2. The van der Waals surface area contributed by atoms with Gasteiger partial charge < -0.3 is 5.11 Å². The van der Waals surface area contributed by atoms with Gasteiger partial charge in [0.05, 0.1) is 10.3 Å². The molecule has 1 N–H and O–H groups in total. The van der Waals surface area contributed by atoms with Crippen LogP contribution in [0, 0.1) is 6.92 Å². The maximum absolute atomic E-state index is 13.2. The molecule has 35 heavy (non-hydrogen) atoms. The largest absolute Gasteiger partial charge is 0.480 e. The molecule has 0 aliphatic heterocycles. The molecule has 0 aliphatic rings. The molecule has 1 atom stereocenters. The quantitative estimate of drug-likeness (QED) is 0.400. The van der Waals surface area contributed by atoms with Crippen LogP contribution >= 0.6 is 0 Å². The number of aliphatic carboxylic acids is 1. The van der Waals surface area contributed by atoms with E-state index in [1.54, 1.807) is 37.3 Å². The van der Waals surface area contributed by atoms with Gasteiger partial charge in [0.25, 0.3) is 5.56 Å². The van der Waals surface area contributed by atoms with Gasteiger partial charge in [0.2, 0.25) is 0 Å². The van der Waals surface area contributed by atoms with Gasteiger partial charge in [0, 0.05) is 6.54 Å². The molecular formula is C26H25N3O5S. The summed E-state index contributed by atoms with van der Waals surface area (Å²) in [4.78, 5) is 24.6. The Bertz CT molecular complexity index is 1540. The van der Waals surface area contributed by atoms with E-state index in [0.717, 1.165) is 27.8 Å². The highest BCUT2D eigenvalue weighted by molar-refractivity contribution is 7.92. The third-order valence-electron chi connectivity index (χ3n) is 6.09. The van der Waals surface area contributed by atoms with Crippen LogP contribution in [0.25, 0.3) is 22.0 Å². The summed E-state index contributed by atoms with van der Waals surface area (Å²) >= 11 is 0. The first kappa shape index (κ1) is 24.3. The second kappa shape index (κ2) is 9.79. The molecule has 4 aromatic rings. The second-order valence-corrected chi connectivity index (χ2v) is 10.5. The molecule has 3 aromatic carbocycles. The second-order valence-electron chi connectivity index (χ2n) is 8.32. The highest BCUT2D eigenvalue weighted by atomic mass is 32.2. The van der Waals surface area contributed by atoms with E-state index in [0.29, 0.717) is 10.9 Å². The molecule has 0 aliphatic carbocycles. The Balaban J connectivity index is 1.57. The van der Waals surface area contributed by atoms with Gasteiger partial charge in [0.1, 0.15) is 5.52 Å². The SMILES string of the molecule is CCc1ccc(-c2ccc(S(=O)(=O)C(CCn3nnc4c(C)cccc4c3=O)C(=O)O)cc2)cc1. The van der Waals surface area contributed by atoms with Crippen LogP contribution in [0.5, 0.6) is 0 Å². The summed E-state index contributed by atoms with van der Waals surface area (Å²) in [5.41, 5.74) is 3.76. The average molecular weight is 492 g/mol. The molecular weight excluding hydrogens is 466 g/mol. The van der Waals surface area contributed by atoms with E-state index in [1.165, 1.54) is 17.7 Å². The first-order valence-electron chi connectivity index (χ1n) is 11.2. The highest BCUT2D eigenvalue weighted by Crippen LogP contribution is 2.25. The fourth-order valence-electron chi connectivity index (χ4n) is 3.97. The number of aryl methyl sites for hydroxylation is 3. The van der Waals surface area contributed by atoms with E-state index >= 15 is 0 Å². The number of nitrogens with zero attached hydrogens (tertiary/aromatic N) is 3. The van der Waals surface area contributed by atoms with Gasteiger partial charge in [-0.25, -0.2) is 13.1 Å². The van der Waals surface area contributed by atoms with E-state index < -0.39 is 26.6 Å². The lowest BCUT2D eigenvalue weighted by Gasteiger charge is -2.15. The van der Waals surface area contributed by atoms with Crippen LogP contribution in [0.2, 0.25) is 0 Å². The van der Waals surface area contributed by atoms with Crippen molar-refractivity contribution in [2.24, 2.45) is 0 Å². The first-order valence-corrected chi connectivity index (χ1v) is 12.8. The third-order valence-corrected chi connectivity index (χ3v) is 8.20. The zero-order chi connectivity index (χ0) is 25.2. The van der Waals surface area contributed by atoms with Gasteiger partial charge in [0.15, 0.2) is 15.1 Å². The van der Waals surface area contributed by atoms with Crippen LogP contribution in [0.15, 0.2) is 76.4 Å². The van der Waals surface area contributed by atoms with Crippen molar-refractivity contribution in [2.75, 3.05) is 0 Å². The number of fused-ring (bicyclic) bond motifs is 1. The van der Waals surface area contributed by atoms with E-state index in [2.05, 4.69) is 17.2 Å². The van der Waals surface area contributed by atoms with Crippen LogP contribution in [0.3, 0.4) is 0 Å². The van der Waals surface area contributed by atoms with Gasteiger partial charge in [-0.3, -0.25) is 9.59 Å². The average Bonchev–Trinajstić information content (AvgIpc) is 2.85. The summed E-state index contributed by atoms with van der Waals surface area (Å²) in [6, 6.07) is 19.2. The summed E-state index contributed by atoms with van der Waals surface area (Å²) < 4.78 is 27.3. The summed E-state index contributed by atoms with van der Waals surface area (Å²) in [5.74, 6) is -1.48. The number of hydrogen-bond acceptors (Lipinski definition) is 6. The monoisotopic (exact) mass is 491 g/mol. The summed E-state index contributed by atoms with van der Waals surface area (Å²) in [6.45, 7) is 3.67. The molecule has 1 aromatic heterocycles. The molecule has 4 rings (SSSR count). The van der Waals surface area contributed by atoms with E-state index in [-0.39, 0.29) is 17.9 Å². The van der Waals surface area contributed by atoms with Crippen LogP contribution < -0.4 is 5.56 Å². The van der Waals surface area contributed by atoms with E-state index in [9.17, 15) is 23.1 Å². The number of carboxylic acid groups (broad SMARTS) is 1. The van der Waals surface area contributed by atoms with Crippen molar-refractivity contribution >= 4 is 26.7 Å². The molecule has 0 saturated carbocycles. The number of carboxylic acids is 1. The first-order chi connectivity index (χ1) is 16.7. The van der Waals surface area contributed by atoms with Crippen molar-refractivity contribution in [3.8, 4) is 11.1 Å². The van der Waals surface area contributed by atoms with Crippen molar-refractivity contribution < 1.29 is 18.3 Å². The van der Waals surface area contributed by atoms with Crippen LogP contribution in [-0.4, -0.2) is 39.7 Å². The standard InChI is InChI=1S/C26H25N3O5S/c1-3-18-7-9-19(10-8-18)20-11-13-21(14-12-20)35(33,34)23(26(31)32)15-16-29-25(30)22-6-4-5-17(2)24(22)27-28-29/h4-14,23H,3,15-16H2,1-2H3,(H,31,32). The minimum absolute atomic E-state index is 0.0913. The molecule has 9 heteroatoms. The summed E-state index contributed by atoms with van der Waals surface area (Å²) in [7, 11) is -4.21. The fraction of sp³-hybridized carbons (Fsp3) is 0.231. The van der Waals surface area contributed by atoms with Gasteiger partial charge in [-0.2, -0.15) is 0 Å². The summed E-state index contributed by atoms with van der Waals surface area (Å²) in [5, 5.41) is 16.2. The number of benzene rings is 3. The van der Waals surface area contributed by atoms with E-state index in [1.807, 2.05) is 24.3 Å². The van der Waals surface area contributed by atoms with Gasteiger partial charge in [-0.05, 0) is 60.2 Å². The lowest BCUT2D eigenvalue weighted by atomic mass is 10.0. The zero-order valence-corrected chi connectivity index (χ0v) is 20.2. The summed E-state index contributed by atoms with van der Waals surface area (Å²) in [6.07, 6.45) is 0.592. The topological polar surface area (TPSA) is 119 Å². The highest BCUT2D eigenvalue weighted by Gasteiger charge is 2.34. The van der Waals surface area contributed by atoms with Gasteiger partial charge in [-0.1, -0.05) is 60.7 Å². The van der Waals surface area contributed by atoms with Crippen LogP contribution in [-0.2, 0) is 27.6 Å². The molecule has 0 spiro atoms. The predicted octanol–water partition coefficient (Wildman–Crippen LogP) is 3.65. The number of carbonyl (C=O) groups is 1. The molecule has 0 bridgehead atoms. The van der Waals surface area contributed by atoms with E-state index in [4.69, 9.17) is 0 Å². The normalized spacial score (nSPS) is 12.5. The number of rotatable bonds is 8. The van der Waals surface area contributed by atoms with Crippen molar-refractivity contribution in [3.63, 3.8) is 0 Å². The Kier molecular flexibility index (Phi) is 6.79. The number of hydrogen-bond donors (Lipinski definition) is 1. The molecule has 1 unspecified atom stereocenters. The lowest BCUT2D eigenvalue weighted by Crippen LogP contribution is -2.34. The Morgan fingerprint density at radius 3 is 2.23 bits per heavy atom.